The van der Waals surface area contributed by atoms with Crippen molar-refractivity contribution in [3.63, 3.8) is 0 Å². The molecule has 0 rings (SSSR count). The van der Waals surface area contributed by atoms with Gasteiger partial charge < -0.3 is 10.2 Å². The minimum absolute atomic E-state index is 0.427. The van der Waals surface area contributed by atoms with Crippen LogP contribution in [0.2, 0.25) is 0 Å². The predicted octanol–water partition coefficient (Wildman–Crippen LogP) is 0.888. The zero-order valence-electron chi connectivity index (χ0n) is 4.93. The molecule has 0 unspecified atom stereocenters. The zero-order valence-corrected chi connectivity index (χ0v) is 8.10. The minimum atomic E-state index is -0.433. The normalized spacial score (nSPS) is 17.3. The van der Waals surface area contributed by atoms with Gasteiger partial charge in [-0.15, -0.1) is 0 Å². The second-order valence-corrected chi connectivity index (χ2v) is 3.15. The largest absolute Gasteiger partial charge is 0.392 e. The van der Waals surface area contributed by atoms with Gasteiger partial charge in [-0.3, -0.25) is 0 Å². The van der Waals surface area contributed by atoms with Crippen molar-refractivity contribution in [2.75, 3.05) is 10.7 Å². The lowest BCUT2D eigenvalue weighted by molar-refractivity contribution is 0.108. The molecule has 4 heteroatoms. The first-order valence-electron chi connectivity index (χ1n) is 2.68. The predicted molar refractivity (Wildman–Crippen MR) is 44.2 cm³/mol. The quantitative estimate of drug-likeness (QED) is 0.738. The van der Waals surface area contributed by atoms with Gasteiger partial charge in [-0.25, -0.2) is 0 Å². The first-order valence-corrected chi connectivity index (χ1v) is 4.93. The molecule has 0 saturated heterocycles. The number of aliphatic hydroxyl groups is 2. The molecule has 0 aromatic heterocycles. The number of alkyl halides is 2. The second-order valence-electron chi connectivity index (χ2n) is 1.85. The molecule has 0 heterocycles. The molecule has 2 nitrogen and oxygen atoms in total. The van der Waals surface area contributed by atoms with Crippen LogP contribution >= 0.6 is 31.9 Å². The van der Waals surface area contributed by atoms with Gasteiger partial charge in [-0.05, 0) is 0 Å². The van der Waals surface area contributed by atoms with Crippen molar-refractivity contribution in [1.29, 1.82) is 0 Å². The Labute approximate surface area is 71.5 Å². The van der Waals surface area contributed by atoms with Crippen LogP contribution in [-0.2, 0) is 0 Å². The van der Waals surface area contributed by atoms with Gasteiger partial charge in [0.15, 0.2) is 0 Å². The van der Waals surface area contributed by atoms with E-state index in [0.717, 1.165) is 0 Å². The minimum Gasteiger partial charge on any atom is -0.392 e. The van der Waals surface area contributed by atoms with Gasteiger partial charge >= 0.3 is 0 Å². The molecular formula is C5H10Br2O2. The Bertz CT molecular complexity index is 62.0. The van der Waals surface area contributed by atoms with Crippen molar-refractivity contribution in [3.05, 3.63) is 0 Å². The van der Waals surface area contributed by atoms with Crippen LogP contribution in [0.4, 0.5) is 0 Å². The lowest BCUT2D eigenvalue weighted by Gasteiger charge is -2.09. The van der Waals surface area contributed by atoms with Crippen LogP contribution in [0.5, 0.6) is 0 Å². The van der Waals surface area contributed by atoms with Crippen molar-refractivity contribution in [1.82, 2.24) is 0 Å². The molecule has 2 atom stereocenters. The van der Waals surface area contributed by atoms with Crippen molar-refractivity contribution in [2.45, 2.75) is 18.6 Å². The highest BCUT2D eigenvalue weighted by atomic mass is 79.9. The molecule has 0 saturated carbocycles. The summed E-state index contributed by atoms with van der Waals surface area (Å²) in [5.74, 6) is 0. The van der Waals surface area contributed by atoms with E-state index in [-0.39, 0.29) is 0 Å². The highest BCUT2D eigenvalue weighted by Crippen LogP contribution is 2.03. The summed E-state index contributed by atoms with van der Waals surface area (Å²) >= 11 is 6.19. The van der Waals surface area contributed by atoms with E-state index in [9.17, 15) is 0 Å². The summed E-state index contributed by atoms with van der Waals surface area (Å²) in [5, 5.41) is 18.9. The third-order valence-corrected chi connectivity index (χ3v) is 2.40. The van der Waals surface area contributed by atoms with Crippen LogP contribution in [0, 0.1) is 0 Å². The van der Waals surface area contributed by atoms with Gasteiger partial charge in [-0.2, -0.15) is 0 Å². The maximum Gasteiger partial charge on any atom is 0.0661 e. The molecule has 0 aromatic rings. The third-order valence-electron chi connectivity index (χ3n) is 0.900. The first-order chi connectivity index (χ1) is 4.20. The van der Waals surface area contributed by atoms with Gasteiger partial charge in [0.2, 0.25) is 0 Å². The molecule has 0 fully saturated rings. The maximum absolute atomic E-state index is 8.93. The Hall–Kier alpha value is 0.880. The van der Waals surface area contributed by atoms with Gasteiger partial charge in [0, 0.05) is 17.1 Å². The van der Waals surface area contributed by atoms with E-state index in [0.29, 0.717) is 17.1 Å². The lowest BCUT2D eigenvalue weighted by Crippen LogP contribution is -2.19. The molecule has 0 radical (unpaired) electrons. The van der Waals surface area contributed by atoms with Crippen LogP contribution in [-0.4, -0.2) is 33.1 Å². The summed E-state index contributed by atoms with van der Waals surface area (Å²) in [5.41, 5.74) is 0. The van der Waals surface area contributed by atoms with Crippen LogP contribution < -0.4 is 0 Å². The summed E-state index contributed by atoms with van der Waals surface area (Å²) in [4.78, 5) is 0. The number of rotatable bonds is 4. The first kappa shape index (κ1) is 9.88. The Kier molecular flexibility index (Phi) is 6.20. The summed E-state index contributed by atoms with van der Waals surface area (Å²) in [6.07, 6.45) is -0.439. The Morgan fingerprint density at radius 1 is 1.00 bits per heavy atom. The molecule has 0 bridgehead atoms. The highest BCUT2D eigenvalue weighted by Gasteiger charge is 2.08. The number of hydrogen-bond donors (Lipinski definition) is 2. The Balaban J connectivity index is 3.22. The van der Waals surface area contributed by atoms with E-state index in [1.54, 1.807) is 0 Å². The fourth-order valence-electron chi connectivity index (χ4n) is 0.440. The second kappa shape index (κ2) is 5.65. The molecule has 0 aliphatic carbocycles. The summed E-state index contributed by atoms with van der Waals surface area (Å²) in [6, 6.07) is 0. The van der Waals surface area contributed by atoms with Crippen LogP contribution in [0.1, 0.15) is 6.42 Å². The molecule has 0 amide bonds. The van der Waals surface area contributed by atoms with Gasteiger partial charge in [0.05, 0.1) is 12.2 Å². The van der Waals surface area contributed by atoms with Gasteiger partial charge in [-0.1, -0.05) is 31.9 Å². The molecule has 9 heavy (non-hydrogen) atoms. The average molecular weight is 262 g/mol. The summed E-state index contributed by atoms with van der Waals surface area (Å²) < 4.78 is 0. The van der Waals surface area contributed by atoms with Crippen LogP contribution in [0.25, 0.3) is 0 Å². The summed E-state index contributed by atoms with van der Waals surface area (Å²) in [7, 11) is 0. The van der Waals surface area contributed by atoms with Gasteiger partial charge in [0.25, 0.3) is 0 Å². The van der Waals surface area contributed by atoms with Crippen molar-refractivity contribution < 1.29 is 10.2 Å². The fourth-order valence-corrected chi connectivity index (χ4v) is 0.969. The topological polar surface area (TPSA) is 40.5 Å². The monoisotopic (exact) mass is 260 g/mol. The molecule has 2 N–H and O–H groups in total. The standard InChI is InChI=1S/C5H10Br2O2/c6-2-4(8)1-5(9)3-7/h4-5,8-9H,1-3H2/t4-,5-/m1/s1. The smallest absolute Gasteiger partial charge is 0.0661 e. The summed E-state index contributed by atoms with van der Waals surface area (Å²) in [6.45, 7) is 0. The highest BCUT2D eigenvalue weighted by molar-refractivity contribution is 9.09. The Morgan fingerprint density at radius 3 is 1.56 bits per heavy atom. The van der Waals surface area contributed by atoms with E-state index >= 15 is 0 Å². The number of aliphatic hydroxyl groups excluding tert-OH is 2. The van der Waals surface area contributed by atoms with Crippen molar-refractivity contribution in [2.24, 2.45) is 0 Å². The maximum atomic E-state index is 8.93. The SMILES string of the molecule is O[C@@H](CBr)C[C@@H](O)CBr. The lowest BCUT2D eigenvalue weighted by atomic mass is 10.2. The molecule has 56 valence electrons. The van der Waals surface area contributed by atoms with E-state index in [4.69, 9.17) is 10.2 Å². The van der Waals surface area contributed by atoms with Crippen molar-refractivity contribution >= 4 is 31.9 Å². The molecule has 0 spiro atoms. The third kappa shape index (κ3) is 5.33. The van der Waals surface area contributed by atoms with Crippen LogP contribution in [0.3, 0.4) is 0 Å². The van der Waals surface area contributed by atoms with Crippen LogP contribution in [0.15, 0.2) is 0 Å². The van der Waals surface area contributed by atoms with E-state index in [1.165, 1.54) is 0 Å². The number of hydrogen-bond acceptors (Lipinski definition) is 2. The Morgan fingerprint density at radius 2 is 1.33 bits per heavy atom. The van der Waals surface area contributed by atoms with E-state index in [1.807, 2.05) is 0 Å². The molecular weight excluding hydrogens is 252 g/mol. The molecule has 0 aliphatic heterocycles. The molecule has 0 aromatic carbocycles. The number of halogens is 2. The fraction of sp³-hybridized carbons (Fsp3) is 1.00. The van der Waals surface area contributed by atoms with Crippen molar-refractivity contribution in [3.8, 4) is 0 Å². The van der Waals surface area contributed by atoms with E-state index in [2.05, 4.69) is 31.9 Å². The average Bonchev–Trinajstić information content (AvgIpc) is 1.87. The molecule has 0 aliphatic rings. The van der Waals surface area contributed by atoms with Gasteiger partial charge in [0.1, 0.15) is 0 Å². The van der Waals surface area contributed by atoms with E-state index < -0.39 is 12.2 Å². The zero-order chi connectivity index (χ0) is 7.28.